The molecule has 0 rings (SSSR count). The van der Waals surface area contributed by atoms with E-state index in [1.54, 1.807) is 14.0 Å². The Morgan fingerprint density at radius 1 is 0.395 bits per heavy atom. The average molecular weight is 1160 g/mol. The summed E-state index contributed by atoms with van der Waals surface area (Å²) in [7, 11) is 1.71. The second-order valence-corrected chi connectivity index (χ2v) is 19.9. The van der Waals surface area contributed by atoms with E-state index in [1.807, 2.05) is 6.92 Å². The van der Waals surface area contributed by atoms with Gasteiger partial charge in [-0.2, -0.15) is 0 Å². The SMILES string of the molecule is CCOCC(=O)NCCOCCOCC(=O)N[C@@H](CCC(=O)C[C@@H](CCC(=O)NCCCC[C@H](NC)C(C)=O)C(=O)O)C(=O)O.CCOCCCC(=O)CC[C@H](NC(=O)CCCCCCCCCCCCCCCCC(=O)O)C(=O)O. The highest BCUT2D eigenvalue weighted by Gasteiger charge is 2.26. The van der Waals surface area contributed by atoms with Gasteiger partial charge in [0.1, 0.15) is 42.6 Å². The summed E-state index contributed by atoms with van der Waals surface area (Å²) in [5.41, 5.74) is 0. The van der Waals surface area contributed by atoms with Crippen molar-refractivity contribution in [1.82, 2.24) is 26.6 Å². The van der Waals surface area contributed by atoms with Crippen LogP contribution in [0.3, 0.4) is 0 Å². The maximum atomic E-state index is 12.4. The molecule has 468 valence electrons. The topological polar surface area (TPSA) is 366 Å². The molecule has 0 heterocycles. The smallest absolute Gasteiger partial charge is 0.326 e. The number of amides is 4. The van der Waals surface area contributed by atoms with Gasteiger partial charge in [0, 0.05) is 77.9 Å². The van der Waals surface area contributed by atoms with Crippen LogP contribution in [-0.2, 0) is 71.7 Å². The number of unbranched alkanes of at least 4 members (excludes halogenated alkanes) is 14. The van der Waals surface area contributed by atoms with Gasteiger partial charge < -0.3 is 66.0 Å². The molecule has 0 saturated carbocycles. The number of carbonyl (C=O) groups is 11. The first-order chi connectivity index (χ1) is 38.8. The third-order valence-corrected chi connectivity index (χ3v) is 12.9. The number of rotatable bonds is 56. The maximum absolute atomic E-state index is 12.4. The Balaban J connectivity index is 0. The van der Waals surface area contributed by atoms with Crippen molar-refractivity contribution in [1.29, 1.82) is 0 Å². The van der Waals surface area contributed by atoms with Gasteiger partial charge in [0.15, 0.2) is 0 Å². The molecule has 0 fully saturated rings. The molecule has 24 nitrogen and oxygen atoms in total. The van der Waals surface area contributed by atoms with Crippen molar-refractivity contribution in [2.45, 2.75) is 219 Å². The van der Waals surface area contributed by atoms with Gasteiger partial charge in [-0.3, -0.25) is 43.2 Å². The third-order valence-electron chi connectivity index (χ3n) is 12.9. The Bertz CT molecular complexity index is 1790. The van der Waals surface area contributed by atoms with E-state index in [2.05, 4.69) is 26.6 Å². The van der Waals surface area contributed by atoms with Gasteiger partial charge in [0.05, 0.1) is 31.8 Å². The number of Topliss-reactive ketones (excluding diaryl/α,β-unsaturated/α-hetero) is 3. The predicted octanol–water partition coefficient (Wildman–Crippen LogP) is 5.47. The minimum absolute atomic E-state index is 0.000154. The monoisotopic (exact) mass is 1160 g/mol. The fraction of sp³-hybridized carbons (Fsp3) is 0.807. The summed E-state index contributed by atoms with van der Waals surface area (Å²) in [6.45, 7) is 7.33. The quantitative estimate of drug-likeness (QED) is 0.0341. The molecule has 0 aliphatic heterocycles. The zero-order chi connectivity index (χ0) is 60.9. The molecule has 0 aliphatic rings. The molecule has 4 atom stereocenters. The van der Waals surface area contributed by atoms with Crippen LogP contribution in [0.2, 0.25) is 0 Å². The van der Waals surface area contributed by atoms with Crippen LogP contribution in [0, 0.1) is 5.92 Å². The van der Waals surface area contributed by atoms with E-state index in [1.165, 1.54) is 51.9 Å². The largest absolute Gasteiger partial charge is 0.481 e. The number of carboxylic acids is 4. The van der Waals surface area contributed by atoms with E-state index in [-0.39, 0.29) is 120 Å². The average Bonchev–Trinajstić information content (AvgIpc) is 3.41. The molecule has 0 saturated heterocycles. The Labute approximate surface area is 479 Å². The number of nitrogens with one attached hydrogen (secondary N) is 5. The second kappa shape index (κ2) is 53.9. The highest BCUT2D eigenvalue weighted by Crippen LogP contribution is 2.17. The first-order valence-corrected chi connectivity index (χ1v) is 29.3. The van der Waals surface area contributed by atoms with E-state index in [9.17, 15) is 68.1 Å². The number of hydrogen-bond donors (Lipinski definition) is 9. The van der Waals surface area contributed by atoms with Crippen molar-refractivity contribution < 1.29 is 92.1 Å². The molecule has 0 bridgehead atoms. The minimum Gasteiger partial charge on any atom is -0.481 e. The molecule has 0 unspecified atom stereocenters. The molecule has 0 aliphatic carbocycles. The Kier molecular flexibility index (Phi) is 51.6. The molecular formula is C57H101N5O19. The van der Waals surface area contributed by atoms with Gasteiger partial charge >= 0.3 is 23.9 Å². The van der Waals surface area contributed by atoms with E-state index >= 15 is 0 Å². The highest BCUT2D eigenvalue weighted by molar-refractivity contribution is 5.87. The van der Waals surface area contributed by atoms with Crippen molar-refractivity contribution in [3.8, 4) is 0 Å². The van der Waals surface area contributed by atoms with Gasteiger partial charge in [0.25, 0.3) is 0 Å². The molecule has 24 heteroatoms. The molecule has 0 aromatic heterocycles. The zero-order valence-electron chi connectivity index (χ0n) is 49.1. The lowest BCUT2D eigenvalue weighted by Gasteiger charge is -2.16. The molecule has 4 amide bonds. The molecule has 81 heavy (non-hydrogen) atoms. The zero-order valence-corrected chi connectivity index (χ0v) is 49.1. The van der Waals surface area contributed by atoms with Crippen LogP contribution in [0.5, 0.6) is 0 Å². The minimum atomic E-state index is -1.38. The van der Waals surface area contributed by atoms with Crippen LogP contribution in [0.4, 0.5) is 0 Å². The first-order valence-electron chi connectivity index (χ1n) is 29.3. The Morgan fingerprint density at radius 3 is 1.42 bits per heavy atom. The predicted molar refractivity (Wildman–Crippen MR) is 301 cm³/mol. The summed E-state index contributed by atoms with van der Waals surface area (Å²) in [4.78, 5) is 128. The lowest BCUT2D eigenvalue weighted by atomic mass is 9.94. The summed E-state index contributed by atoms with van der Waals surface area (Å²) in [6.07, 6.45) is 18.4. The van der Waals surface area contributed by atoms with Gasteiger partial charge in [-0.25, -0.2) is 9.59 Å². The Hall–Kier alpha value is -5.43. The van der Waals surface area contributed by atoms with Crippen LogP contribution < -0.4 is 26.6 Å². The van der Waals surface area contributed by atoms with E-state index < -0.39 is 60.2 Å². The van der Waals surface area contributed by atoms with Crippen molar-refractivity contribution in [3.63, 3.8) is 0 Å². The normalized spacial score (nSPS) is 12.4. The van der Waals surface area contributed by atoms with E-state index in [0.29, 0.717) is 58.5 Å². The van der Waals surface area contributed by atoms with Gasteiger partial charge in [-0.1, -0.05) is 77.0 Å². The molecule has 0 aromatic rings. The van der Waals surface area contributed by atoms with Crippen LogP contribution >= 0.6 is 0 Å². The third kappa shape index (κ3) is 51.2. The fourth-order valence-corrected chi connectivity index (χ4v) is 8.18. The number of carboxylic acid groups (broad SMARTS) is 4. The van der Waals surface area contributed by atoms with Crippen molar-refractivity contribution in [2.24, 2.45) is 5.92 Å². The number of hydrogen-bond acceptors (Lipinski definition) is 16. The number of likely N-dealkylation sites (N-methyl/N-ethyl adjacent to an activating group) is 1. The summed E-state index contributed by atoms with van der Waals surface area (Å²) in [5, 5.41) is 49.9. The molecule has 9 N–H and O–H groups in total. The van der Waals surface area contributed by atoms with E-state index in [0.717, 1.165) is 51.4 Å². The Morgan fingerprint density at radius 2 is 0.901 bits per heavy atom. The molecule has 0 spiro atoms. The van der Waals surface area contributed by atoms with Crippen LogP contribution in [0.25, 0.3) is 0 Å². The lowest BCUT2D eigenvalue weighted by Crippen LogP contribution is -2.43. The maximum Gasteiger partial charge on any atom is 0.326 e. The van der Waals surface area contributed by atoms with E-state index in [4.69, 9.17) is 24.1 Å². The number of aliphatic carboxylic acids is 4. The standard InChI is InChI=1S/C29H50N4O12.C28H51NO7/c1-4-43-18-26(37)32-13-14-44-15-16-45-19-27(38)33-24(29(41)42)10-9-22(35)17-21(28(39)40)8-11-25(36)31-12-6-5-7-23(30-3)20(2)34;1-2-36-23-17-18-24(30)21-22-25(28(34)35)29-26(31)19-15-13-11-9-7-5-3-4-6-8-10-12-14-16-20-27(32)33/h21,23-24,30H,4-19H2,1-3H3,(H,31,36)(H,32,37)(H,33,38)(H,39,40)(H,41,42);25H,2-23H2,1H3,(H,29,31)(H,32,33)(H,34,35)/t21-,23+,24+;25-/m10/s1. The first kappa shape index (κ1) is 77.6. The molecule has 0 radical (unpaired) electrons. The fourth-order valence-electron chi connectivity index (χ4n) is 8.18. The number of ether oxygens (including phenoxy) is 4. The van der Waals surface area contributed by atoms with Crippen LogP contribution in [0.1, 0.15) is 201 Å². The summed E-state index contributed by atoms with van der Waals surface area (Å²) in [6, 6.07) is -2.62. The summed E-state index contributed by atoms with van der Waals surface area (Å²) < 4.78 is 20.6. The van der Waals surface area contributed by atoms with Gasteiger partial charge in [0.2, 0.25) is 23.6 Å². The molecular weight excluding hydrogens is 1060 g/mol. The lowest BCUT2D eigenvalue weighted by molar-refractivity contribution is -0.145. The molecule has 0 aromatic carbocycles. The van der Waals surface area contributed by atoms with Crippen molar-refractivity contribution in [3.05, 3.63) is 0 Å². The highest BCUT2D eigenvalue weighted by atomic mass is 16.5. The van der Waals surface area contributed by atoms with Gasteiger partial charge in [-0.05, 0) is 85.6 Å². The van der Waals surface area contributed by atoms with Crippen LogP contribution in [-0.4, -0.2) is 176 Å². The van der Waals surface area contributed by atoms with Crippen molar-refractivity contribution >= 4 is 64.9 Å². The number of ketones is 3. The van der Waals surface area contributed by atoms with Crippen LogP contribution in [0.15, 0.2) is 0 Å². The van der Waals surface area contributed by atoms with Gasteiger partial charge in [-0.15, -0.1) is 0 Å². The van der Waals surface area contributed by atoms with Crippen molar-refractivity contribution in [2.75, 3.05) is 73.0 Å². The second-order valence-electron chi connectivity index (χ2n) is 19.9. The summed E-state index contributed by atoms with van der Waals surface area (Å²) >= 11 is 0. The summed E-state index contributed by atoms with van der Waals surface area (Å²) in [5.74, 6) is -7.57. The number of carbonyl (C=O) groups excluding carboxylic acids is 7.